The van der Waals surface area contributed by atoms with E-state index in [2.05, 4.69) is 15.5 Å². The van der Waals surface area contributed by atoms with Gasteiger partial charge in [-0.25, -0.2) is 0 Å². The molecule has 1 N–H and O–H groups in total. The third-order valence-corrected chi connectivity index (χ3v) is 2.12. The Bertz CT molecular complexity index is 519. The Morgan fingerprint density at radius 2 is 2.25 bits per heavy atom. The summed E-state index contributed by atoms with van der Waals surface area (Å²) in [4.78, 5) is 15.9. The first-order valence-corrected chi connectivity index (χ1v) is 4.83. The molecule has 0 aliphatic carbocycles. The van der Waals surface area contributed by atoms with Crippen molar-refractivity contribution in [2.24, 2.45) is 0 Å². The Morgan fingerprint density at radius 3 is 2.88 bits per heavy atom. The summed E-state index contributed by atoms with van der Waals surface area (Å²) in [6.45, 7) is 3.54. The molecule has 2 aromatic heterocycles. The number of anilines is 1. The lowest BCUT2D eigenvalue weighted by Gasteiger charge is -2.03. The van der Waals surface area contributed by atoms with Crippen LogP contribution in [-0.2, 0) is 0 Å². The first-order chi connectivity index (χ1) is 7.66. The van der Waals surface area contributed by atoms with E-state index in [-0.39, 0.29) is 5.91 Å². The van der Waals surface area contributed by atoms with Gasteiger partial charge in [0.05, 0.1) is 5.56 Å². The highest BCUT2D eigenvalue weighted by Crippen LogP contribution is 2.10. The van der Waals surface area contributed by atoms with Crippen LogP contribution in [-0.4, -0.2) is 16.0 Å². The fraction of sp³-hybridized carbons (Fsp3) is 0.182. The number of pyridine rings is 1. The van der Waals surface area contributed by atoms with Crippen molar-refractivity contribution >= 4 is 11.7 Å². The molecule has 0 fully saturated rings. The molecule has 0 atom stereocenters. The molecule has 5 heteroatoms. The van der Waals surface area contributed by atoms with Gasteiger partial charge in [-0.15, -0.1) is 0 Å². The quantitative estimate of drug-likeness (QED) is 0.834. The van der Waals surface area contributed by atoms with Crippen molar-refractivity contribution in [2.45, 2.75) is 13.8 Å². The summed E-state index contributed by atoms with van der Waals surface area (Å²) >= 11 is 0. The Labute approximate surface area is 92.5 Å². The Balaban J connectivity index is 2.18. The zero-order chi connectivity index (χ0) is 11.5. The van der Waals surface area contributed by atoms with Crippen molar-refractivity contribution in [1.82, 2.24) is 10.1 Å². The lowest BCUT2D eigenvalue weighted by atomic mass is 10.2. The van der Waals surface area contributed by atoms with Crippen LogP contribution in [0.4, 0.5) is 5.82 Å². The summed E-state index contributed by atoms with van der Waals surface area (Å²) in [5, 5.41) is 6.32. The molecule has 1 amide bonds. The van der Waals surface area contributed by atoms with Crippen LogP contribution in [0.5, 0.6) is 0 Å². The van der Waals surface area contributed by atoms with Gasteiger partial charge >= 0.3 is 0 Å². The molecular formula is C11H11N3O2. The van der Waals surface area contributed by atoms with E-state index in [0.717, 1.165) is 0 Å². The second kappa shape index (κ2) is 4.14. The van der Waals surface area contributed by atoms with Gasteiger partial charge in [-0.1, -0.05) is 5.16 Å². The molecule has 2 aromatic rings. The van der Waals surface area contributed by atoms with Crippen LogP contribution < -0.4 is 5.32 Å². The van der Waals surface area contributed by atoms with Gasteiger partial charge in [0.15, 0.2) is 5.82 Å². The molecule has 82 valence electrons. The van der Waals surface area contributed by atoms with Crippen molar-refractivity contribution < 1.29 is 9.32 Å². The van der Waals surface area contributed by atoms with E-state index in [1.165, 1.54) is 0 Å². The van der Waals surface area contributed by atoms with Gasteiger partial charge in [-0.2, -0.15) is 0 Å². The molecule has 2 heterocycles. The monoisotopic (exact) mass is 217 g/mol. The van der Waals surface area contributed by atoms with Gasteiger partial charge in [-0.3, -0.25) is 9.78 Å². The molecule has 16 heavy (non-hydrogen) atoms. The van der Waals surface area contributed by atoms with Crippen LogP contribution in [0.3, 0.4) is 0 Å². The minimum atomic E-state index is -0.237. The zero-order valence-corrected chi connectivity index (χ0v) is 9.02. The molecule has 0 saturated heterocycles. The lowest BCUT2D eigenvalue weighted by Crippen LogP contribution is -2.14. The predicted molar refractivity (Wildman–Crippen MR) is 58.2 cm³/mol. The van der Waals surface area contributed by atoms with Gasteiger partial charge in [0, 0.05) is 18.0 Å². The largest absolute Gasteiger partial charge is 0.360 e. The molecule has 0 spiro atoms. The number of aromatic nitrogens is 2. The van der Waals surface area contributed by atoms with E-state index in [0.29, 0.717) is 22.8 Å². The number of hydrogen-bond acceptors (Lipinski definition) is 4. The SMILES string of the molecule is Cc1cc(NC(=O)c2cccnc2C)no1. The number of amides is 1. The van der Waals surface area contributed by atoms with Gasteiger partial charge < -0.3 is 9.84 Å². The van der Waals surface area contributed by atoms with Gasteiger partial charge in [0.2, 0.25) is 0 Å². The second-order valence-electron chi connectivity index (χ2n) is 3.41. The van der Waals surface area contributed by atoms with Gasteiger partial charge in [0.1, 0.15) is 5.76 Å². The molecule has 0 aliphatic heterocycles. The summed E-state index contributed by atoms with van der Waals surface area (Å²) in [6, 6.07) is 5.09. The number of aryl methyl sites for hydroxylation is 2. The normalized spacial score (nSPS) is 10.1. The standard InChI is InChI=1S/C11H11N3O2/c1-7-6-10(14-16-7)13-11(15)9-4-3-5-12-8(9)2/h3-6H,1-2H3,(H,13,14,15). The van der Waals surface area contributed by atoms with E-state index in [1.54, 1.807) is 38.2 Å². The number of carbonyl (C=O) groups is 1. The average molecular weight is 217 g/mol. The molecule has 0 radical (unpaired) electrons. The minimum Gasteiger partial charge on any atom is -0.360 e. The zero-order valence-electron chi connectivity index (χ0n) is 9.02. The van der Waals surface area contributed by atoms with Crippen molar-refractivity contribution in [2.75, 3.05) is 5.32 Å². The highest BCUT2D eigenvalue weighted by molar-refractivity contribution is 6.04. The molecule has 5 nitrogen and oxygen atoms in total. The van der Waals surface area contributed by atoms with Crippen LogP contribution in [0.2, 0.25) is 0 Å². The molecule has 0 saturated carbocycles. The average Bonchev–Trinajstić information content (AvgIpc) is 2.64. The number of rotatable bonds is 2. The summed E-state index contributed by atoms with van der Waals surface area (Å²) in [6.07, 6.45) is 1.65. The van der Waals surface area contributed by atoms with Crippen molar-refractivity contribution in [3.63, 3.8) is 0 Å². The second-order valence-corrected chi connectivity index (χ2v) is 3.41. The van der Waals surface area contributed by atoms with Crippen LogP contribution in [0.25, 0.3) is 0 Å². The maximum absolute atomic E-state index is 11.8. The Morgan fingerprint density at radius 1 is 1.44 bits per heavy atom. The van der Waals surface area contributed by atoms with Gasteiger partial charge in [0.25, 0.3) is 5.91 Å². The third kappa shape index (κ3) is 2.08. The summed E-state index contributed by atoms with van der Waals surface area (Å²) in [7, 11) is 0. The van der Waals surface area contributed by atoms with Crippen LogP contribution in [0.15, 0.2) is 28.9 Å². The lowest BCUT2D eigenvalue weighted by molar-refractivity contribution is 0.102. The van der Waals surface area contributed by atoms with Crippen LogP contribution in [0.1, 0.15) is 21.8 Å². The van der Waals surface area contributed by atoms with E-state index >= 15 is 0 Å². The van der Waals surface area contributed by atoms with Gasteiger partial charge in [-0.05, 0) is 26.0 Å². The number of hydrogen-bond donors (Lipinski definition) is 1. The van der Waals surface area contributed by atoms with Crippen molar-refractivity contribution in [3.05, 3.63) is 41.4 Å². The van der Waals surface area contributed by atoms with E-state index < -0.39 is 0 Å². The Hall–Kier alpha value is -2.17. The molecule has 0 bridgehead atoms. The Kier molecular flexibility index (Phi) is 2.68. The number of nitrogens with zero attached hydrogens (tertiary/aromatic N) is 2. The van der Waals surface area contributed by atoms with E-state index in [4.69, 9.17) is 4.52 Å². The molecule has 0 unspecified atom stereocenters. The summed E-state index contributed by atoms with van der Waals surface area (Å²) in [5.74, 6) is 0.822. The highest BCUT2D eigenvalue weighted by Gasteiger charge is 2.11. The van der Waals surface area contributed by atoms with E-state index in [9.17, 15) is 4.79 Å². The fourth-order valence-corrected chi connectivity index (χ4v) is 1.33. The first kappa shape index (κ1) is 10.4. The number of nitrogens with one attached hydrogen (secondary N) is 1. The maximum atomic E-state index is 11.8. The van der Waals surface area contributed by atoms with Crippen LogP contribution in [0, 0.1) is 13.8 Å². The van der Waals surface area contributed by atoms with E-state index in [1.807, 2.05) is 0 Å². The molecule has 2 rings (SSSR count). The predicted octanol–water partition coefficient (Wildman–Crippen LogP) is 1.94. The van der Waals surface area contributed by atoms with Crippen LogP contribution >= 0.6 is 0 Å². The third-order valence-electron chi connectivity index (χ3n) is 2.12. The minimum absolute atomic E-state index is 0.237. The number of carbonyl (C=O) groups excluding carboxylic acids is 1. The molecular weight excluding hydrogens is 206 g/mol. The smallest absolute Gasteiger partial charge is 0.258 e. The summed E-state index contributed by atoms with van der Waals surface area (Å²) < 4.78 is 4.85. The molecule has 0 aliphatic rings. The summed E-state index contributed by atoms with van der Waals surface area (Å²) in [5.41, 5.74) is 1.21. The highest BCUT2D eigenvalue weighted by atomic mass is 16.5. The topological polar surface area (TPSA) is 68.0 Å². The van der Waals surface area contributed by atoms with Crippen molar-refractivity contribution in [3.8, 4) is 0 Å². The first-order valence-electron chi connectivity index (χ1n) is 4.83. The van der Waals surface area contributed by atoms with Crippen molar-refractivity contribution in [1.29, 1.82) is 0 Å². The fourth-order valence-electron chi connectivity index (χ4n) is 1.33. The maximum Gasteiger partial charge on any atom is 0.258 e. The molecule has 0 aromatic carbocycles.